The summed E-state index contributed by atoms with van der Waals surface area (Å²) in [6, 6.07) is 1.52. The zero-order valence-corrected chi connectivity index (χ0v) is 9.82. The minimum absolute atomic E-state index is 0.128. The van der Waals surface area contributed by atoms with Crippen molar-refractivity contribution >= 4 is 23.2 Å². The molecule has 1 aromatic rings. The van der Waals surface area contributed by atoms with Crippen molar-refractivity contribution in [2.75, 3.05) is 6.54 Å². The smallest absolute Gasteiger partial charge is 0.250 e. The Balaban J connectivity index is 2.39. The van der Waals surface area contributed by atoms with E-state index in [-0.39, 0.29) is 24.5 Å². The fraction of sp³-hybridized carbons (Fsp3) is 0.500. The van der Waals surface area contributed by atoms with E-state index in [0.717, 1.165) is 0 Å². The van der Waals surface area contributed by atoms with Crippen molar-refractivity contribution in [3.63, 3.8) is 0 Å². The van der Waals surface area contributed by atoms with Crippen LogP contribution in [0.25, 0.3) is 0 Å². The summed E-state index contributed by atoms with van der Waals surface area (Å²) in [6.07, 6.45) is 0.806. The molecule has 2 rings (SSSR count). The number of rotatable bonds is 2. The highest BCUT2D eigenvalue weighted by atomic mass is 35.5. The summed E-state index contributed by atoms with van der Waals surface area (Å²) >= 11 is 11.7. The Kier molecular flexibility index (Phi) is 2.85. The highest BCUT2D eigenvalue weighted by Crippen LogP contribution is 2.54. The first-order valence-electron chi connectivity index (χ1n) is 4.78. The van der Waals surface area contributed by atoms with E-state index in [0.29, 0.717) is 10.6 Å². The molecule has 0 saturated heterocycles. The standard InChI is InChI=1S/C10H10Cl2F2N2/c11-7-2-16-8(12)1-6(7)9(5-15)3-10(13,14)4-9/h1-2H,3-5,15H2. The van der Waals surface area contributed by atoms with Gasteiger partial charge >= 0.3 is 0 Å². The number of nitrogens with two attached hydrogens (primary N) is 1. The van der Waals surface area contributed by atoms with Crippen molar-refractivity contribution in [1.29, 1.82) is 0 Å². The van der Waals surface area contributed by atoms with Gasteiger partial charge in [-0.2, -0.15) is 0 Å². The van der Waals surface area contributed by atoms with Crippen molar-refractivity contribution in [3.05, 3.63) is 28.0 Å². The van der Waals surface area contributed by atoms with Crippen LogP contribution in [-0.4, -0.2) is 17.5 Å². The normalized spacial score (nSPS) is 21.6. The molecule has 16 heavy (non-hydrogen) atoms. The van der Waals surface area contributed by atoms with Crippen LogP contribution < -0.4 is 5.73 Å². The lowest BCUT2D eigenvalue weighted by atomic mass is 9.62. The van der Waals surface area contributed by atoms with Crippen molar-refractivity contribution in [2.24, 2.45) is 5.73 Å². The van der Waals surface area contributed by atoms with Gasteiger partial charge in [0.2, 0.25) is 5.92 Å². The number of nitrogens with zero attached hydrogens (tertiary/aromatic N) is 1. The predicted octanol–water partition coefficient (Wildman–Crippen LogP) is 3.01. The van der Waals surface area contributed by atoms with Gasteiger partial charge in [0.15, 0.2) is 0 Å². The molecule has 1 aliphatic rings. The van der Waals surface area contributed by atoms with E-state index in [1.54, 1.807) is 0 Å². The molecule has 0 aliphatic heterocycles. The molecule has 2 nitrogen and oxygen atoms in total. The predicted molar refractivity (Wildman–Crippen MR) is 59.2 cm³/mol. The maximum absolute atomic E-state index is 13.0. The zero-order valence-electron chi connectivity index (χ0n) is 8.31. The largest absolute Gasteiger partial charge is 0.330 e. The van der Waals surface area contributed by atoms with Crippen LogP contribution in [-0.2, 0) is 5.41 Å². The number of hydrogen-bond acceptors (Lipinski definition) is 2. The Bertz CT molecular complexity index is 415. The summed E-state index contributed by atoms with van der Waals surface area (Å²) < 4.78 is 26.0. The number of halogens is 4. The Labute approximate surface area is 102 Å². The third-order valence-corrected chi connectivity index (χ3v) is 3.49. The first-order valence-corrected chi connectivity index (χ1v) is 5.54. The third kappa shape index (κ3) is 1.90. The Morgan fingerprint density at radius 1 is 1.38 bits per heavy atom. The first kappa shape index (κ1) is 12.0. The van der Waals surface area contributed by atoms with Gasteiger partial charge in [-0.1, -0.05) is 23.2 Å². The number of hydrogen-bond donors (Lipinski definition) is 1. The molecule has 0 atom stereocenters. The van der Waals surface area contributed by atoms with E-state index in [2.05, 4.69) is 4.98 Å². The molecule has 0 bridgehead atoms. The molecule has 1 fully saturated rings. The van der Waals surface area contributed by atoms with Gasteiger partial charge in [-0.15, -0.1) is 0 Å². The fourth-order valence-electron chi connectivity index (χ4n) is 2.20. The van der Waals surface area contributed by atoms with Crippen LogP contribution in [0.2, 0.25) is 10.2 Å². The van der Waals surface area contributed by atoms with E-state index in [1.165, 1.54) is 12.3 Å². The van der Waals surface area contributed by atoms with E-state index >= 15 is 0 Å². The number of aromatic nitrogens is 1. The molecular formula is C10H10Cl2F2N2. The SMILES string of the molecule is NCC1(c2cc(Cl)ncc2Cl)CC(F)(F)C1. The number of alkyl halides is 2. The molecule has 0 aromatic carbocycles. The van der Waals surface area contributed by atoms with Gasteiger partial charge in [0.1, 0.15) is 5.15 Å². The lowest BCUT2D eigenvalue weighted by Gasteiger charge is -2.47. The summed E-state index contributed by atoms with van der Waals surface area (Å²) in [5.74, 6) is -2.65. The van der Waals surface area contributed by atoms with Gasteiger partial charge in [-0.25, -0.2) is 13.8 Å². The average Bonchev–Trinajstić information content (AvgIpc) is 2.17. The van der Waals surface area contributed by atoms with Crippen molar-refractivity contribution in [1.82, 2.24) is 4.98 Å². The van der Waals surface area contributed by atoms with Gasteiger partial charge in [-0.05, 0) is 11.6 Å². The van der Waals surface area contributed by atoms with Crippen LogP contribution in [0.5, 0.6) is 0 Å². The van der Waals surface area contributed by atoms with E-state index < -0.39 is 11.3 Å². The fourth-order valence-corrected chi connectivity index (χ4v) is 2.66. The van der Waals surface area contributed by atoms with Crippen LogP contribution in [0.15, 0.2) is 12.3 Å². The summed E-state index contributed by atoms with van der Waals surface area (Å²) in [7, 11) is 0. The zero-order chi connectivity index (χ0) is 12.0. The maximum atomic E-state index is 13.0. The molecule has 0 radical (unpaired) electrons. The van der Waals surface area contributed by atoms with E-state index in [4.69, 9.17) is 28.9 Å². The van der Waals surface area contributed by atoms with Crippen LogP contribution >= 0.6 is 23.2 Å². The van der Waals surface area contributed by atoms with Gasteiger partial charge in [0, 0.05) is 31.0 Å². The van der Waals surface area contributed by atoms with Crippen molar-refractivity contribution in [2.45, 2.75) is 24.2 Å². The molecule has 1 heterocycles. The lowest BCUT2D eigenvalue weighted by Crippen LogP contribution is -2.53. The second kappa shape index (κ2) is 3.79. The molecule has 1 saturated carbocycles. The van der Waals surface area contributed by atoms with Crippen LogP contribution in [0, 0.1) is 0 Å². The Hall–Kier alpha value is -0.450. The van der Waals surface area contributed by atoms with Crippen LogP contribution in [0.4, 0.5) is 8.78 Å². The van der Waals surface area contributed by atoms with Crippen LogP contribution in [0.3, 0.4) is 0 Å². The third-order valence-electron chi connectivity index (χ3n) is 2.98. The Morgan fingerprint density at radius 3 is 2.50 bits per heavy atom. The maximum Gasteiger partial charge on any atom is 0.250 e. The first-order chi connectivity index (χ1) is 7.38. The number of pyridine rings is 1. The topological polar surface area (TPSA) is 38.9 Å². The lowest BCUT2D eigenvalue weighted by molar-refractivity contribution is -0.123. The quantitative estimate of drug-likeness (QED) is 0.836. The summed E-state index contributed by atoms with van der Waals surface area (Å²) in [5.41, 5.74) is 5.40. The minimum atomic E-state index is -2.65. The van der Waals surface area contributed by atoms with E-state index in [9.17, 15) is 8.78 Å². The highest BCUT2D eigenvalue weighted by Gasteiger charge is 2.57. The Morgan fingerprint density at radius 2 is 2.00 bits per heavy atom. The second-order valence-corrected chi connectivity index (χ2v) is 4.98. The minimum Gasteiger partial charge on any atom is -0.330 e. The summed E-state index contributed by atoms with van der Waals surface area (Å²) in [4.78, 5) is 3.79. The monoisotopic (exact) mass is 266 g/mol. The molecule has 1 aromatic heterocycles. The molecule has 88 valence electrons. The van der Waals surface area contributed by atoms with Crippen LogP contribution in [0.1, 0.15) is 18.4 Å². The molecule has 2 N–H and O–H groups in total. The van der Waals surface area contributed by atoms with Gasteiger partial charge < -0.3 is 5.73 Å². The van der Waals surface area contributed by atoms with Gasteiger partial charge in [0.25, 0.3) is 0 Å². The van der Waals surface area contributed by atoms with Crippen molar-refractivity contribution in [3.8, 4) is 0 Å². The molecule has 1 aliphatic carbocycles. The van der Waals surface area contributed by atoms with E-state index in [1.807, 2.05) is 0 Å². The highest BCUT2D eigenvalue weighted by molar-refractivity contribution is 6.32. The molecule has 0 amide bonds. The molecule has 0 spiro atoms. The summed E-state index contributed by atoms with van der Waals surface area (Å²) in [6.45, 7) is 0.128. The molecule has 0 unspecified atom stereocenters. The van der Waals surface area contributed by atoms with Gasteiger partial charge in [-0.3, -0.25) is 0 Å². The second-order valence-electron chi connectivity index (χ2n) is 4.18. The average molecular weight is 267 g/mol. The van der Waals surface area contributed by atoms with Gasteiger partial charge in [0.05, 0.1) is 5.02 Å². The molecular weight excluding hydrogens is 257 g/mol. The van der Waals surface area contributed by atoms with Crippen molar-refractivity contribution < 1.29 is 8.78 Å². The summed E-state index contributed by atoms with van der Waals surface area (Å²) in [5, 5.41) is 0.577. The molecule has 6 heteroatoms.